The molecule has 1 aromatic carbocycles. The van der Waals surface area contributed by atoms with E-state index in [4.69, 9.17) is 9.47 Å². The van der Waals surface area contributed by atoms with Gasteiger partial charge in [-0.15, -0.1) is 0 Å². The molecule has 1 aliphatic carbocycles. The SMILES string of the molecule is CCOC(=O)[C@@H]1C(=O)C[C@](C)(O)[C@@H](C(=O)OCC)[C@@H]1c1ccccc1. The number of carbonyl (C=O) groups excluding carboxylic acids is 3. The van der Waals surface area contributed by atoms with Gasteiger partial charge in [0.25, 0.3) is 0 Å². The highest BCUT2D eigenvalue weighted by molar-refractivity contribution is 6.02. The van der Waals surface area contributed by atoms with E-state index in [-0.39, 0.29) is 19.6 Å². The molecular formula is C19H24O6. The first kappa shape index (κ1) is 19.1. The highest BCUT2D eigenvalue weighted by Gasteiger charge is 2.57. The van der Waals surface area contributed by atoms with E-state index in [2.05, 4.69) is 0 Å². The number of ketones is 1. The molecule has 136 valence electrons. The van der Waals surface area contributed by atoms with Crippen LogP contribution in [0.15, 0.2) is 30.3 Å². The predicted molar refractivity (Wildman–Crippen MR) is 89.7 cm³/mol. The number of hydrogen-bond donors (Lipinski definition) is 1. The zero-order valence-electron chi connectivity index (χ0n) is 14.7. The third-order valence-corrected chi connectivity index (χ3v) is 4.53. The van der Waals surface area contributed by atoms with E-state index in [0.29, 0.717) is 5.56 Å². The van der Waals surface area contributed by atoms with Gasteiger partial charge in [0.1, 0.15) is 5.92 Å². The Morgan fingerprint density at radius 2 is 1.68 bits per heavy atom. The number of hydrogen-bond acceptors (Lipinski definition) is 6. The molecule has 0 radical (unpaired) electrons. The van der Waals surface area contributed by atoms with Gasteiger partial charge in [0.2, 0.25) is 0 Å². The minimum Gasteiger partial charge on any atom is -0.466 e. The van der Waals surface area contributed by atoms with Gasteiger partial charge in [0.05, 0.1) is 24.7 Å². The monoisotopic (exact) mass is 348 g/mol. The van der Waals surface area contributed by atoms with Crippen LogP contribution in [0.2, 0.25) is 0 Å². The van der Waals surface area contributed by atoms with E-state index in [1.165, 1.54) is 6.92 Å². The Bertz CT molecular complexity index is 637. The van der Waals surface area contributed by atoms with E-state index in [9.17, 15) is 19.5 Å². The van der Waals surface area contributed by atoms with Crippen LogP contribution in [0, 0.1) is 11.8 Å². The number of Topliss-reactive ketones (excluding diaryl/α,β-unsaturated/α-hetero) is 1. The van der Waals surface area contributed by atoms with Crippen molar-refractivity contribution in [1.82, 2.24) is 0 Å². The molecular weight excluding hydrogens is 324 g/mol. The van der Waals surface area contributed by atoms with Crippen molar-refractivity contribution in [2.45, 2.75) is 38.7 Å². The Balaban J connectivity index is 2.57. The molecule has 0 heterocycles. The van der Waals surface area contributed by atoms with Crippen LogP contribution in [0.4, 0.5) is 0 Å². The van der Waals surface area contributed by atoms with Gasteiger partial charge < -0.3 is 14.6 Å². The smallest absolute Gasteiger partial charge is 0.317 e. The summed E-state index contributed by atoms with van der Waals surface area (Å²) in [4.78, 5) is 37.7. The molecule has 0 amide bonds. The van der Waals surface area contributed by atoms with Crippen LogP contribution >= 0.6 is 0 Å². The van der Waals surface area contributed by atoms with Crippen LogP contribution in [-0.2, 0) is 23.9 Å². The Labute approximate surface area is 147 Å². The maximum Gasteiger partial charge on any atom is 0.317 e. The first-order valence-electron chi connectivity index (χ1n) is 8.46. The summed E-state index contributed by atoms with van der Waals surface area (Å²) in [6.07, 6.45) is -0.302. The maximum atomic E-state index is 12.6. The number of ether oxygens (including phenoxy) is 2. The Morgan fingerprint density at radius 1 is 1.12 bits per heavy atom. The normalized spacial score (nSPS) is 29.1. The molecule has 4 atom stereocenters. The lowest BCUT2D eigenvalue weighted by atomic mass is 9.62. The summed E-state index contributed by atoms with van der Waals surface area (Å²) >= 11 is 0. The fourth-order valence-corrected chi connectivity index (χ4v) is 3.55. The quantitative estimate of drug-likeness (QED) is 0.645. The van der Waals surface area contributed by atoms with Crippen LogP contribution in [0.1, 0.15) is 38.7 Å². The topological polar surface area (TPSA) is 89.9 Å². The minimum absolute atomic E-state index is 0.130. The number of rotatable bonds is 5. The molecule has 0 unspecified atom stereocenters. The number of esters is 2. The Morgan fingerprint density at radius 3 is 2.24 bits per heavy atom. The van der Waals surface area contributed by atoms with E-state index in [1.807, 2.05) is 0 Å². The molecule has 1 saturated carbocycles. The van der Waals surface area contributed by atoms with Crippen LogP contribution in [-0.4, -0.2) is 41.6 Å². The highest BCUT2D eigenvalue weighted by Crippen LogP contribution is 2.46. The van der Waals surface area contributed by atoms with Crippen molar-refractivity contribution in [1.29, 1.82) is 0 Å². The molecule has 6 nitrogen and oxygen atoms in total. The predicted octanol–water partition coefficient (Wildman–Crippen LogP) is 1.85. The Kier molecular flexibility index (Phi) is 5.95. The first-order valence-corrected chi connectivity index (χ1v) is 8.46. The zero-order chi connectivity index (χ0) is 18.6. The van der Waals surface area contributed by atoms with Crippen molar-refractivity contribution in [2.24, 2.45) is 11.8 Å². The molecule has 1 aliphatic rings. The molecule has 25 heavy (non-hydrogen) atoms. The van der Waals surface area contributed by atoms with E-state index < -0.39 is 41.1 Å². The first-order chi connectivity index (χ1) is 11.8. The Hall–Kier alpha value is -2.21. The summed E-state index contributed by atoms with van der Waals surface area (Å²) in [5.74, 6) is -4.75. The summed E-state index contributed by atoms with van der Waals surface area (Å²) in [6, 6.07) is 8.78. The summed E-state index contributed by atoms with van der Waals surface area (Å²) in [5, 5.41) is 10.8. The van der Waals surface area contributed by atoms with Crippen LogP contribution in [0.25, 0.3) is 0 Å². The third kappa shape index (κ3) is 3.90. The van der Waals surface area contributed by atoms with Crippen LogP contribution in [0.5, 0.6) is 0 Å². The van der Waals surface area contributed by atoms with Crippen molar-refractivity contribution in [3.63, 3.8) is 0 Å². The van der Waals surface area contributed by atoms with Gasteiger partial charge in [0.15, 0.2) is 5.78 Å². The lowest BCUT2D eigenvalue weighted by Crippen LogP contribution is -2.55. The fourth-order valence-electron chi connectivity index (χ4n) is 3.55. The fraction of sp³-hybridized carbons (Fsp3) is 0.526. The van der Waals surface area contributed by atoms with E-state index in [0.717, 1.165) is 0 Å². The molecule has 0 bridgehead atoms. The van der Waals surface area contributed by atoms with Crippen molar-refractivity contribution < 1.29 is 29.0 Å². The van der Waals surface area contributed by atoms with E-state index >= 15 is 0 Å². The largest absolute Gasteiger partial charge is 0.466 e. The highest BCUT2D eigenvalue weighted by atomic mass is 16.5. The molecule has 6 heteroatoms. The molecule has 1 N–H and O–H groups in total. The van der Waals surface area contributed by atoms with Crippen molar-refractivity contribution in [2.75, 3.05) is 13.2 Å². The molecule has 0 aliphatic heterocycles. The second-order valence-corrected chi connectivity index (χ2v) is 6.40. The lowest BCUT2D eigenvalue weighted by Gasteiger charge is -2.43. The van der Waals surface area contributed by atoms with Crippen LogP contribution < -0.4 is 0 Å². The molecule has 2 rings (SSSR count). The standard InChI is InChI=1S/C19H24O6/c1-4-24-17(21)15-13(20)11-19(3,23)16(18(22)25-5-2)14(15)12-9-7-6-8-10-12/h6-10,14-16,23H,4-5,11H2,1-3H3/t14-,15-,16-,19+/m1/s1. The molecule has 0 aromatic heterocycles. The maximum absolute atomic E-state index is 12.6. The average Bonchev–Trinajstić information content (AvgIpc) is 2.54. The van der Waals surface area contributed by atoms with Gasteiger partial charge in [-0.25, -0.2) is 0 Å². The van der Waals surface area contributed by atoms with Gasteiger partial charge in [-0.05, 0) is 26.3 Å². The summed E-state index contributed by atoms with van der Waals surface area (Å²) < 4.78 is 10.2. The average molecular weight is 348 g/mol. The second-order valence-electron chi connectivity index (χ2n) is 6.40. The van der Waals surface area contributed by atoms with Gasteiger partial charge in [0, 0.05) is 12.3 Å². The molecule has 0 saturated heterocycles. The molecule has 1 aromatic rings. The number of benzene rings is 1. The third-order valence-electron chi connectivity index (χ3n) is 4.53. The summed E-state index contributed by atoms with van der Waals surface area (Å²) in [6.45, 7) is 5.03. The zero-order valence-corrected chi connectivity index (χ0v) is 14.7. The molecule has 1 fully saturated rings. The van der Waals surface area contributed by atoms with Gasteiger partial charge in [-0.1, -0.05) is 30.3 Å². The minimum atomic E-state index is -1.60. The van der Waals surface area contributed by atoms with Gasteiger partial charge >= 0.3 is 11.9 Å². The number of aliphatic hydroxyl groups is 1. The molecule has 0 spiro atoms. The number of carbonyl (C=O) groups is 3. The van der Waals surface area contributed by atoms with Gasteiger partial charge in [-0.3, -0.25) is 14.4 Å². The van der Waals surface area contributed by atoms with E-state index in [1.54, 1.807) is 44.2 Å². The second kappa shape index (κ2) is 7.78. The lowest BCUT2D eigenvalue weighted by molar-refractivity contribution is -0.172. The van der Waals surface area contributed by atoms with Crippen molar-refractivity contribution >= 4 is 17.7 Å². The summed E-state index contributed by atoms with van der Waals surface area (Å²) in [5.41, 5.74) is -0.987. The summed E-state index contributed by atoms with van der Waals surface area (Å²) in [7, 11) is 0. The van der Waals surface area contributed by atoms with Crippen molar-refractivity contribution in [3.05, 3.63) is 35.9 Å². The van der Waals surface area contributed by atoms with Crippen LogP contribution in [0.3, 0.4) is 0 Å². The van der Waals surface area contributed by atoms with Crippen molar-refractivity contribution in [3.8, 4) is 0 Å². The van der Waals surface area contributed by atoms with Gasteiger partial charge in [-0.2, -0.15) is 0 Å².